The van der Waals surface area contributed by atoms with Gasteiger partial charge >= 0.3 is 11.9 Å². The molecule has 15 heavy (non-hydrogen) atoms. The summed E-state index contributed by atoms with van der Waals surface area (Å²) in [6.45, 7) is 0. The van der Waals surface area contributed by atoms with Crippen molar-refractivity contribution < 1.29 is 14.3 Å². The van der Waals surface area contributed by atoms with Gasteiger partial charge in [0, 0.05) is 10.9 Å². The van der Waals surface area contributed by atoms with E-state index in [9.17, 15) is 9.59 Å². The highest BCUT2D eigenvalue weighted by atomic mass is 79.9. The standard InChI is InChI=1S/C11H9BrO3/c12-8-3-1-7(2-4-8)9-5-6-10(13)15-11(9)14/h1-4,9H,5-6H2. The quantitative estimate of drug-likeness (QED) is 0.580. The molecule has 1 saturated heterocycles. The molecule has 0 N–H and O–H groups in total. The molecule has 0 bridgehead atoms. The van der Waals surface area contributed by atoms with E-state index in [2.05, 4.69) is 20.7 Å². The fraction of sp³-hybridized carbons (Fsp3) is 0.273. The Balaban J connectivity index is 2.20. The van der Waals surface area contributed by atoms with Gasteiger partial charge in [-0.05, 0) is 24.1 Å². The van der Waals surface area contributed by atoms with E-state index in [1.54, 1.807) is 0 Å². The van der Waals surface area contributed by atoms with Gasteiger partial charge in [-0.25, -0.2) is 0 Å². The van der Waals surface area contributed by atoms with E-state index in [0.717, 1.165) is 10.0 Å². The molecule has 3 nitrogen and oxygen atoms in total. The first-order valence-electron chi connectivity index (χ1n) is 4.67. The van der Waals surface area contributed by atoms with Gasteiger partial charge in [-0.15, -0.1) is 0 Å². The van der Waals surface area contributed by atoms with Crippen LogP contribution in [0.25, 0.3) is 0 Å². The maximum atomic E-state index is 11.4. The third-order valence-electron chi connectivity index (χ3n) is 2.41. The Morgan fingerprint density at radius 2 is 1.87 bits per heavy atom. The van der Waals surface area contributed by atoms with Gasteiger partial charge in [0.25, 0.3) is 0 Å². The highest BCUT2D eigenvalue weighted by molar-refractivity contribution is 9.10. The Morgan fingerprint density at radius 3 is 2.47 bits per heavy atom. The Bertz CT molecular complexity index is 397. The molecule has 1 heterocycles. The van der Waals surface area contributed by atoms with Crippen molar-refractivity contribution in [2.45, 2.75) is 18.8 Å². The van der Waals surface area contributed by atoms with Crippen LogP contribution >= 0.6 is 15.9 Å². The summed E-state index contributed by atoms with van der Waals surface area (Å²) < 4.78 is 5.56. The molecule has 1 aromatic rings. The van der Waals surface area contributed by atoms with Gasteiger partial charge in [0.1, 0.15) is 0 Å². The summed E-state index contributed by atoms with van der Waals surface area (Å²) in [5.41, 5.74) is 0.899. The highest BCUT2D eigenvalue weighted by Gasteiger charge is 2.29. The van der Waals surface area contributed by atoms with Crippen molar-refractivity contribution in [3.05, 3.63) is 34.3 Å². The van der Waals surface area contributed by atoms with E-state index in [0.29, 0.717) is 12.8 Å². The van der Waals surface area contributed by atoms with Crippen LogP contribution < -0.4 is 0 Å². The Hall–Kier alpha value is -1.16. The number of esters is 2. The fourth-order valence-corrected chi connectivity index (χ4v) is 1.88. The van der Waals surface area contributed by atoms with Gasteiger partial charge in [-0.2, -0.15) is 0 Å². The van der Waals surface area contributed by atoms with Gasteiger partial charge in [0.05, 0.1) is 5.92 Å². The highest BCUT2D eigenvalue weighted by Crippen LogP contribution is 2.27. The molecular formula is C11H9BrO3. The van der Waals surface area contributed by atoms with Crippen LogP contribution in [-0.4, -0.2) is 11.9 Å². The van der Waals surface area contributed by atoms with Crippen LogP contribution in [0.15, 0.2) is 28.7 Å². The summed E-state index contributed by atoms with van der Waals surface area (Å²) in [7, 11) is 0. The van der Waals surface area contributed by atoms with E-state index in [-0.39, 0.29) is 5.92 Å². The first kappa shape index (κ1) is 10.4. The molecule has 1 atom stereocenters. The molecule has 0 radical (unpaired) electrons. The maximum Gasteiger partial charge on any atom is 0.321 e. The number of cyclic esters (lactones) is 2. The van der Waals surface area contributed by atoms with Gasteiger partial charge in [0.15, 0.2) is 0 Å². The smallest absolute Gasteiger partial charge is 0.321 e. The summed E-state index contributed by atoms with van der Waals surface area (Å²) in [5, 5.41) is 0. The first-order chi connectivity index (χ1) is 7.16. The zero-order valence-corrected chi connectivity index (χ0v) is 9.49. The molecule has 0 aliphatic carbocycles. The number of rotatable bonds is 1. The van der Waals surface area contributed by atoms with E-state index >= 15 is 0 Å². The molecule has 78 valence electrons. The van der Waals surface area contributed by atoms with E-state index in [4.69, 9.17) is 0 Å². The van der Waals surface area contributed by atoms with Crippen LogP contribution in [0.3, 0.4) is 0 Å². The van der Waals surface area contributed by atoms with Crippen LogP contribution in [0.1, 0.15) is 24.3 Å². The topological polar surface area (TPSA) is 43.4 Å². The zero-order chi connectivity index (χ0) is 10.8. The second kappa shape index (κ2) is 4.14. The Labute approximate surface area is 95.6 Å². The molecular weight excluding hydrogens is 260 g/mol. The Morgan fingerprint density at radius 1 is 1.20 bits per heavy atom. The van der Waals surface area contributed by atoms with Gasteiger partial charge in [-0.3, -0.25) is 9.59 Å². The molecule has 1 aromatic carbocycles. The van der Waals surface area contributed by atoms with Crippen LogP contribution in [-0.2, 0) is 14.3 Å². The van der Waals surface area contributed by atoms with Gasteiger partial charge < -0.3 is 4.74 Å². The van der Waals surface area contributed by atoms with Crippen LogP contribution in [0.4, 0.5) is 0 Å². The third-order valence-corrected chi connectivity index (χ3v) is 2.94. The van der Waals surface area contributed by atoms with Crippen LogP contribution in [0, 0.1) is 0 Å². The zero-order valence-electron chi connectivity index (χ0n) is 7.90. The van der Waals surface area contributed by atoms with E-state index < -0.39 is 11.9 Å². The fourth-order valence-electron chi connectivity index (χ4n) is 1.61. The molecule has 0 aromatic heterocycles. The molecule has 0 spiro atoms. The van der Waals surface area contributed by atoms with Crippen molar-refractivity contribution >= 4 is 27.9 Å². The summed E-state index contributed by atoms with van der Waals surface area (Å²) in [6, 6.07) is 7.48. The minimum atomic E-state index is -0.437. The number of carbonyl (C=O) groups is 2. The number of benzene rings is 1. The van der Waals surface area contributed by atoms with Crippen molar-refractivity contribution in [1.82, 2.24) is 0 Å². The second-order valence-corrected chi connectivity index (χ2v) is 4.35. The summed E-state index contributed by atoms with van der Waals surface area (Å²) >= 11 is 3.32. The maximum absolute atomic E-state index is 11.4. The van der Waals surface area contributed by atoms with E-state index in [1.165, 1.54) is 0 Å². The number of hydrogen-bond donors (Lipinski definition) is 0. The van der Waals surface area contributed by atoms with Crippen LogP contribution in [0.2, 0.25) is 0 Å². The van der Waals surface area contributed by atoms with Crippen molar-refractivity contribution in [3.8, 4) is 0 Å². The summed E-state index contributed by atoms with van der Waals surface area (Å²) in [6.07, 6.45) is 0.853. The van der Waals surface area contributed by atoms with Crippen molar-refractivity contribution in [2.24, 2.45) is 0 Å². The predicted octanol–water partition coefficient (Wildman–Crippen LogP) is 2.40. The molecule has 4 heteroatoms. The molecule has 2 rings (SSSR count). The predicted molar refractivity (Wildman–Crippen MR) is 57.2 cm³/mol. The van der Waals surface area contributed by atoms with E-state index in [1.807, 2.05) is 24.3 Å². The minimum Gasteiger partial charge on any atom is -0.393 e. The van der Waals surface area contributed by atoms with Crippen LogP contribution in [0.5, 0.6) is 0 Å². The van der Waals surface area contributed by atoms with Crippen molar-refractivity contribution in [1.29, 1.82) is 0 Å². The molecule has 0 saturated carbocycles. The average Bonchev–Trinajstić information content (AvgIpc) is 2.20. The average molecular weight is 269 g/mol. The number of hydrogen-bond acceptors (Lipinski definition) is 3. The lowest BCUT2D eigenvalue weighted by atomic mass is 9.93. The lowest BCUT2D eigenvalue weighted by Crippen LogP contribution is -2.26. The SMILES string of the molecule is O=C1CCC(c2ccc(Br)cc2)C(=O)O1. The van der Waals surface area contributed by atoms with Crippen molar-refractivity contribution in [2.75, 3.05) is 0 Å². The number of ether oxygens (including phenoxy) is 1. The van der Waals surface area contributed by atoms with Crippen molar-refractivity contribution in [3.63, 3.8) is 0 Å². The Kier molecular flexibility index (Phi) is 2.86. The molecule has 1 fully saturated rings. The van der Waals surface area contributed by atoms with Gasteiger partial charge in [-0.1, -0.05) is 28.1 Å². The lowest BCUT2D eigenvalue weighted by Gasteiger charge is -2.19. The molecule has 1 aliphatic heterocycles. The van der Waals surface area contributed by atoms with Gasteiger partial charge in [0.2, 0.25) is 0 Å². The minimum absolute atomic E-state index is 0.296. The monoisotopic (exact) mass is 268 g/mol. The summed E-state index contributed by atoms with van der Waals surface area (Å²) in [5.74, 6) is -1.15. The second-order valence-electron chi connectivity index (χ2n) is 3.44. The number of halogens is 1. The lowest BCUT2D eigenvalue weighted by molar-refractivity contribution is -0.164. The normalized spacial score (nSPS) is 21.3. The largest absolute Gasteiger partial charge is 0.393 e. The molecule has 0 amide bonds. The third kappa shape index (κ3) is 2.26. The summed E-state index contributed by atoms with van der Waals surface area (Å²) in [4.78, 5) is 22.3. The number of carbonyl (C=O) groups excluding carboxylic acids is 2. The molecule has 1 aliphatic rings. The molecule has 1 unspecified atom stereocenters. The first-order valence-corrected chi connectivity index (χ1v) is 5.46.